The highest BCUT2D eigenvalue weighted by Gasteiger charge is 2.52. The molecule has 13 heteroatoms. The summed E-state index contributed by atoms with van der Waals surface area (Å²) in [6, 6.07) is -0.820. The molecule has 2 heterocycles. The summed E-state index contributed by atoms with van der Waals surface area (Å²) in [6.45, 7) is 0.469. The van der Waals surface area contributed by atoms with Crippen LogP contribution in [0.15, 0.2) is 0 Å². The second kappa shape index (κ2) is 6.28. The van der Waals surface area contributed by atoms with E-state index >= 15 is 0 Å². The first-order chi connectivity index (χ1) is 10.4. The van der Waals surface area contributed by atoms with Gasteiger partial charge in [-0.1, -0.05) is 0 Å². The van der Waals surface area contributed by atoms with Crippen LogP contribution in [-0.4, -0.2) is 67.7 Å². The number of alkyl halides is 1. The first-order valence-corrected chi connectivity index (χ1v) is 8.57. The highest BCUT2D eigenvalue weighted by molar-refractivity contribution is 7.81. The van der Waals surface area contributed by atoms with Gasteiger partial charge in [0.1, 0.15) is 23.5 Å². The number of thiol groups is 1. The first-order valence-electron chi connectivity index (χ1n) is 6.52. The minimum atomic E-state index is -4.74. The Balaban J connectivity index is 2.09. The summed E-state index contributed by atoms with van der Waals surface area (Å²) in [5, 5.41) is 18.0. The van der Waals surface area contributed by atoms with Gasteiger partial charge in [-0.3, -0.25) is 20.1 Å². The third kappa shape index (κ3) is 3.85. The van der Waals surface area contributed by atoms with Crippen LogP contribution in [0.25, 0.3) is 0 Å². The first kappa shape index (κ1) is 18.6. The number of nitrogens with zero attached hydrogens (tertiary/aromatic N) is 1. The number of carbonyl (C=O) groups excluding carboxylic acids is 1. The van der Waals surface area contributed by atoms with Gasteiger partial charge in [-0.2, -0.15) is 12.6 Å². The Morgan fingerprint density at radius 1 is 1.65 bits per heavy atom. The minimum absolute atomic E-state index is 0.122. The van der Waals surface area contributed by atoms with E-state index in [2.05, 4.69) is 17.2 Å². The van der Waals surface area contributed by atoms with Crippen LogP contribution in [-0.2, 0) is 13.8 Å². The number of rotatable bonds is 4. The Hall–Kier alpha value is -0.750. The van der Waals surface area contributed by atoms with Crippen molar-refractivity contribution in [3.63, 3.8) is 0 Å². The number of amidine groups is 1. The predicted octanol–water partition coefficient (Wildman–Crippen LogP) is -0.442. The van der Waals surface area contributed by atoms with E-state index in [0.717, 1.165) is 11.8 Å². The lowest BCUT2D eigenvalue weighted by Gasteiger charge is -2.43. The summed E-state index contributed by atoms with van der Waals surface area (Å²) >= 11 is 4.02. The molecule has 0 saturated carbocycles. The molecule has 2 amide bonds. The number of amides is 2. The van der Waals surface area contributed by atoms with Gasteiger partial charge in [0.2, 0.25) is 0 Å². The van der Waals surface area contributed by atoms with E-state index in [9.17, 15) is 18.9 Å². The van der Waals surface area contributed by atoms with Crippen molar-refractivity contribution in [2.75, 3.05) is 6.61 Å². The molecule has 0 aliphatic carbocycles. The number of halogens is 1. The number of phosphoric ester groups is 1. The van der Waals surface area contributed by atoms with E-state index in [4.69, 9.17) is 19.9 Å². The molecular weight excluding hydrogens is 356 g/mol. The molecule has 2 saturated heterocycles. The smallest absolute Gasteiger partial charge is 0.390 e. The molecule has 0 unspecified atom stereocenters. The zero-order valence-electron chi connectivity index (χ0n) is 11.9. The van der Waals surface area contributed by atoms with Gasteiger partial charge in [-0.25, -0.2) is 13.8 Å². The third-order valence-electron chi connectivity index (χ3n) is 3.63. The van der Waals surface area contributed by atoms with E-state index in [1.807, 2.05) is 5.32 Å². The SMILES string of the molecule is C[C@@]1(F)C(=N)NC(=O)N([C@@H]2C[C@H](O)[C@@H](COP(=O)(O)O)O2)[C@@H]1S. The second-order valence-electron chi connectivity index (χ2n) is 5.38. The Bertz CT molecular complexity index is 559. The van der Waals surface area contributed by atoms with Crippen LogP contribution in [0.5, 0.6) is 0 Å². The molecule has 2 fully saturated rings. The molecule has 0 bridgehead atoms. The van der Waals surface area contributed by atoms with Crippen molar-refractivity contribution in [2.45, 2.75) is 42.8 Å². The summed E-state index contributed by atoms with van der Waals surface area (Å²) in [6.07, 6.45) is -3.48. The monoisotopic (exact) mass is 373 g/mol. The van der Waals surface area contributed by atoms with E-state index < -0.39 is 55.8 Å². The summed E-state index contributed by atoms with van der Waals surface area (Å²) < 4.78 is 34.7. The van der Waals surface area contributed by atoms with Crippen molar-refractivity contribution in [1.29, 1.82) is 5.41 Å². The van der Waals surface area contributed by atoms with Crippen molar-refractivity contribution in [3.8, 4) is 0 Å². The average molecular weight is 373 g/mol. The summed E-state index contributed by atoms with van der Waals surface area (Å²) in [7, 11) is -4.74. The molecule has 132 valence electrons. The number of hydrogen-bond donors (Lipinski definition) is 6. The maximum Gasteiger partial charge on any atom is 0.469 e. The number of urea groups is 1. The van der Waals surface area contributed by atoms with Crippen LogP contribution in [0.4, 0.5) is 9.18 Å². The Morgan fingerprint density at radius 3 is 2.83 bits per heavy atom. The van der Waals surface area contributed by atoms with Crippen molar-refractivity contribution in [2.24, 2.45) is 0 Å². The standard InChI is InChI=1S/C10H17FN3O7PS/c1-10(11)7(12)13-9(16)14(8(10)23)6-2-4(15)5(21-6)3-20-22(17,18)19/h4-6,8,15,23H,2-3H2,1H3,(H2,12,13,16)(H2,17,18,19)/t4-,5+,6-,8+,10+/m0/s1. The molecule has 2 aliphatic heterocycles. The highest BCUT2D eigenvalue weighted by Crippen LogP contribution is 2.38. The van der Waals surface area contributed by atoms with E-state index in [1.165, 1.54) is 0 Å². The number of ether oxygens (including phenoxy) is 1. The molecule has 10 nitrogen and oxygen atoms in total. The fourth-order valence-corrected chi connectivity index (χ4v) is 3.01. The van der Waals surface area contributed by atoms with Crippen LogP contribution in [0.1, 0.15) is 13.3 Å². The van der Waals surface area contributed by atoms with Gasteiger partial charge in [0.15, 0.2) is 5.67 Å². The van der Waals surface area contributed by atoms with Crippen LogP contribution in [0, 0.1) is 5.41 Å². The quantitative estimate of drug-likeness (QED) is 0.288. The van der Waals surface area contributed by atoms with Crippen molar-refractivity contribution in [3.05, 3.63) is 0 Å². The molecule has 0 aromatic heterocycles. The highest BCUT2D eigenvalue weighted by atomic mass is 32.1. The Morgan fingerprint density at radius 2 is 2.26 bits per heavy atom. The number of aliphatic hydroxyl groups excluding tert-OH is 1. The van der Waals surface area contributed by atoms with Crippen molar-refractivity contribution >= 4 is 32.3 Å². The summed E-state index contributed by atoms with van der Waals surface area (Å²) in [4.78, 5) is 30.2. The van der Waals surface area contributed by atoms with Gasteiger partial charge in [0.25, 0.3) is 0 Å². The number of phosphoric acid groups is 1. The third-order valence-corrected chi connectivity index (χ3v) is 4.84. The van der Waals surface area contributed by atoms with Crippen LogP contribution < -0.4 is 5.32 Å². The van der Waals surface area contributed by atoms with E-state index in [-0.39, 0.29) is 6.42 Å². The fraction of sp³-hybridized carbons (Fsp3) is 0.800. The molecule has 5 atom stereocenters. The Labute approximate surface area is 136 Å². The van der Waals surface area contributed by atoms with Crippen LogP contribution in [0.2, 0.25) is 0 Å². The number of carbonyl (C=O) groups is 1. The molecular formula is C10H17FN3O7PS. The lowest BCUT2D eigenvalue weighted by molar-refractivity contribution is -0.0752. The molecule has 5 N–H and O–H groups in total. The minimum Gasteiger partial charge on any atom is -0.390 e. The van der Waals surface area contributed by atoms with Crippen LogP contribution in [0.3, 0.4) is 0 Å². The van der Waals surface area contributed by atoms with Crippen molar-refractivity contribution in [1.82, 2.24) is 10.2 Å². The van der Waals surface area contributed by atoms with Crippen LogP contribution >= 0.6 is 20.5 Å². The van der Waals surface area contributed by atoms with Gasteiger partial charge in [0.05, 0.1) is 12.7 Å². The van der Waals surface area contributed by atoms with Crippen molar-refractivity contribution < 1.29 is 37.9 Å². The largest absolute Gasteiger partial charge is 0.469 e. The zero-order chi connectivity index (χ0) is 17.6. The maximum atomic E-state index is 14.4. The Kier molecular flexibility index (Phi) is 5.07. The van der Waals surface area contributed by atoms with E-state index in [0.29, 0.717) is 0 Å². The van der Waals surface area contributed by atoms with Gasteiger partial charge in [-0.15, -0.1) is 0 Å². The number of hydrogen-bond acceptors (Lipinski definition) is 7. The fourth-order valence-electron chi connectivity index (χ4n) is 2.29. The predicted molar refractivity (Wildman–Crippen MR) is 77.7 cm³/mol. The zero-order valence-corrected chi connectivity index (χ0v) is 13.7. The maximum absolute atomic E-state index is 14.4. The normalized spacial score (nSPS) is 38.8. The van der Waals surface area contributed by atoms with Gasteiger partial charge < -0.3 is 19.6 Å². The van der Waals surface area contributed by atoms with Gasteiger partial charge >= 0.3 is 13.9 Å². The lowest BCUT2D eigenvalue weighted by atomic mass is 10.0. The molecule has 0 spiro atoms. The van der Waals surface area contributed by atoms with Gasteiger partial charge in [-0.05, 0) is 6.92 Å². The number of aliphatic hydroxyl groups is 1. The lowest BCUT2D eigenvalue weighted by Crippen LogP contribution is -2.67. The van der Waals surface area contributed by atoms with E-state index in [1.54, 1.807) is 0 Å². The average Bonchev–Trinajstić information content (AvgIpc) is 2.75. The summed E-state index contributed by atoms with van der Waals surface area (Å²) in [5.74, 6) is -0.640. The molecule has 23 heavy (non-hydrogen) atoms. The second-order valence-corrected chi connectivity index (χ2v) is 7.11. The topological polar surface area (TPSA) is 152 Å². The molecule has 2 rings (SSSR count). The summed E-state index contributed by atoms with van der Waals surface area (Å²) in [5.41, 5.74) is -2.26. The molecule has 0 radical (unpaired) electrons. The molecule has 0 aromatic rings. The molecule has 0 aromatic carbocycles. The van der Waals surface area contributed by atoms with Gasteiger partial charge in [0, 0.05) is 6.42 Å². The number of nitrogens with one attached hydrogen (secondary N) is 2. The molecule has 2 aliphatic rings.